The first-order valence-electron chi connectivity index (χ1n) is 3.91. The fourth-order valence-corrected chi connectivity index (χ4v) is 0.651. The van der Waals surface area contributed by atoms with Crippen LogP contribution in [-0.4, -0.2) is 18.4 Å². The summed E-state index contributed by atoms with van der Waals surface area (Å²) in [4.78, 5) is 0. The molecule has 0 saturated heterocycles. The summed E-state index contributed by atoms with van der Waals surface area (Å²) in [5.41, 5.74) is -0.342. The van der Waals surface area contributed by atoms with E-state index in [0.717, 1.165) is 0 Å². The Kier molecular flexibility index (Phi) is 4.03. The number of rotatable bonds is 3. The van der Waals surface area contributed by atoms with E-state index in [2.05, 4.69) is 0 Å². The molecule has 0 atom stereocenters. The van der Waals surface area contributed by atoms with Crippen molar-refractivity contribution in [2.75, 3.05) is 6.61 Å². The number of ether oxygens (including phenoxy) is 1. The SMILES string of the molecule is CC(C)(C)OCCCC(F)(F)F. The Hall–Kier alpha value is -0.250. The van der Waals surface area contributed by atoms with E-state index in [4.69, 9.17) is 4.74 Å². The molecule has 1 nitrogen and oxygen atoms in total. The zero-order valence-electron chi connectivity index (χ0n) is 7.66. The molecule has 0 rings (SSSR count). The molecule has 0 bridgehead atoms. The third-order valence-electron chi connectivity index (χ3n) is 1.14. The van der Waals surface area contributed by atoms with Crippen LogP contribution in [0.4, 0.5) is 13.2 Å². The van der Waals surface area contributed by atoms with Crippen molar-refractivity contribution in [1.82, 2.24) is 0 Å². The van der Waals surface area contributed by atoms with Crippen molar-refractivity contribution in [2.45, 2.75) is 45.4 Å². The Morgan fingerprint density at radius 3 is 1.92 bits per heavy atom. The van der Waals surface area contributed by atoms with Crippen LogP contribution in [0.1, 0.15) is 33.6 Å². The molecular formula is C8H15F3O. The lowest BCUT2D eigenvalue weighted by Crippen LogP contribution is -2.20. The van der Waals surface area contributed by atoms with Crippen LogP contribution >= 0.6 is 0 Å². The first-order valence-corrected chi connectivity index (χ1v) is 3.91. The fourth-order valence-electron chi connectivity index (χ4n) is 0.651. The highest BCUT2D eigenvalue weighted by Crippen LogP contribution is 2.21. The zero-order chi connectivity index (χ0) is 9.83. The molecule has 74 valence electrons. The van der Waals surface area contributed by atoms with Gasteiger partial charge in [0.25, 0.3) is 0 Å². The average molecular weight is 184 g/mol. The van der Waals surface area contributed by atoms with Crippen LogP contribution in [0.3, 0.4) is 0 Å². The molecular weight excluding hydrogens is 169 g/mol. The van der Waals surface area contributed by atoms with E-state index >= 15 is 0 Å². The molecule has 0 amide bonds. The van der Waals surface area contributed by atoms with Crippen molar-refractivity contribution < 1.29 is 17.9 Å². The van der Waals surface area contributed by atoms with Gasteiger partial charge < -0.3 is 4.74 Å². The van der Waals surface area contributed by atoms with Crippen LogP contribution in [0.5, 0.6) is 0 Å². The molecule has 4 heteroatoms. The highest BCUT2D eigenvalue weighted by Gasteiger charge is 2.26. The summed E-state index contributed by atoms with van der Waals surface area (Å²) in [6.07, 6.45) is -4.77. The van der Waals surface area contributed by atoms with Gasteiger partial charge in [0.2, 0.25) is 0 Å². The Morgan fingerprint density at radius 1 is 1.08 bits per heavy atom. The average Bonchev–Trinajstić information content (AvgIpc) is 1.76. The molecule has 0 aliphatic carbocycles. The van der Waals surface area contributed by atoms with Crippen LogP contribution in [-0.2, 0) is 4.74 Å². The third-order valence-corrected chi connectivity index (χ3v) is 1.14. The van der Waals surface area contributed by atoms with Gasteiger partial charge in [-0.1, -0.05) is 0 Å². The molecule has 12 heavy (non-hydrogen) atoms. The van der Waals surface area contributed by atoms with Gasteiger partial charge in [-0.25, -0.2) is 0 Å². The summed E-state index contributed by atoms with van der Waals surface area (Å²) in [7, 11) is 0. The van der Waals surface area contributed by atoms with Crippen molar-refractivity contribution in [1.29, 1.82) is 0 Å². The molecule has 0 aliphatic heterocycles. The molecule has 0 radical (unpaired) electrons. The molecule has 0 aromatic rings. The lowest BCUT2D eigenvalue weighted by Gasteiger charge is -2.19. The zero-order valence-corrected chi connectivity index (χ0v) is 7.66. The Labute approximate surface area is 70.9 Å². The van der Waals surface area contributed by atoms with E-state index in [1.807, 2.05) is 20.8 Å². The van der Waals surface area contributed by atoms with E-state index in [1.165, 1.54) is 0 Å². The minimum Gasteiger partial charge on any atom is -0.376 e. The summed E-state index contributed by atoms with van der Waals surface area (Å²) in [6.45, 7) is 5.63. The van der Waals surface area contributed by atoms with Crippen LogP contribution in [0.2, 0.25) is 0 Å². The Balaban J connectivity index is 3.35. The van der Waals surface area contributed by atoms with Gasteiger partial charge >= 0.3 is 6.18 Å². The summed E-state index contributed by atoms with van der Waals surface area (Å²) < 4.78 is 40.0. The second-order valence-electron chi connectivity index (χ2n) is 3.68. The number of halogens is 3. The standard InChI is InChI=1S/C8H15F3O/c1-7(2,3)12-6-4-5-8(9,10)11/h4-6H2,1-3H3. The second-order valence-corrected chi connectivity index (χ2v) is 3.68. The smallest absolute Gasteiger partial charge is 0.376 e. The normalized spacial score (nSPS) is 13.5. The summed E-state index contributed by atoms with van der Waals surface area (Å²) in [5.74, 6) is 0. The second kappa shape index (κ2) is 4.12. The van der Waals surface area contributed by atoms with Gasteiger partial charge in [-0.05, 0) is 27.2 Å². The molecule has 0 N–H and O–H groups in total. The van der Waals surface area contributed by atoms with E-state index in [9.17, 15) is 13.2 Å². The third kappa shape index (κ3) is 9.75. The van der Waals surface area contributed by atoms with E-state index < -0.39 is 12.6 Å². The monoisotopic (exact) mass is 184 g/mol. The molecule has 0 aliphatic rings. The van der Waals surface area contributed by atoms with Crippen LogP contribution in [0.15, 0.2) is 0 Å². The van der Waals surface area contributed by atoms with Crippen LogP contribution in [0, 0.1) is 0 Å². The van der Waals surface area contributed by atoms with Gasteiger partial charge in [-0.15, -0.1) is 0 Å². The minimum absolute atomic E-state index is 0.0424. The molecule has 0 spiro atoms. The summed E-state index contributed by atoms with van der Waals surface area (Å²) >= 11 is 0. The van der Waals surface area contributed by atoms with Crippen molar-refractivity contribution in [3.05, 3.63) is 0 Å². The van der Waals surface area contributed by atoms with Crippen molar-refractivity contribution >= 4 is 0 Å². The van der Waals surface area contributed by atoms with Crippen molar-refractivity contribution in [2.24, 2.45) is 0 Å². The topological polar surface area (TPSA) is 9.23 Å². The lowest BCUT2D eigenvalue weighted by molar-refractivity contribution is -0.140. The van der Waals surface area contributed by atoms with Crippen molar-refractivity contribution in [3.8, 4) is 0 Å². The van der Waals surface area contributed by atoms with Crippen LogP contribution in [0.25, 0.3) is 0 Å². The number of hydrogen-bond acceptors (Lipinski definition) is 1. The first kappa shape index (κ1) is 11.8. The highest BCUT2D eigenvalue weighted by atomic mass is 19.4. The quantitative estimate of drug-likeness (QED) is 0.612. The molecule has 0 fully saturated rings. The van der Waals surface area contributed by atoms with Crippen LogP contribution < -0.4 is 0 Å². The number of alkyl halides is 3. The lowest BCUT2D eigenvalue weighted by atomic mass is 10.2. The molecule has 0 heterocycles. The van der Waals surface area contributed by atoms with Gasteiger partial charge in [0.05, 0.1) is 5.60 Å². The molecule has 0 aromatic heterocycles. The van der Waals surface area contributed by atoms with E-state index in [-0.39, 0.29) is 18.6 Å². The van der Waals surface area contributed by atoms with Gasteiger partial charge in [-0.3, -0.25) is 0 Å². The molecule has 0 unspecified atom stereocenters. The number of hydrogen-bond donors (Lipinski definition) is 0. The maximum atomic E-state index is 11.6. The fraction of sp³-hybridized carbons (Fsp3) is 1.00. The van der Waals surface area contributed by atoms with E-state index in [0.29, 0.717) is 0 Å². The van der Waals surface area contributed by atoms with Gasteiger partial charge in [0.15, 0.2) is 0 Å². The largest absolute Gasteiger partial charge is 0.389 e. The van der Waals surface area contributed by atoms with Gasteiger partial charge in [-0.2, -0.15) is 13.2 Å². The highest BCUT2D eigenvalue weighted by molar-refractivity contribution is 4.59. The summed E-state index contributed by atoms with van der Waals surface area (Å²) in [6, 6.07) is 0. The minimum atomic E-state index is -4.05. The molecule has 0 aromatic carbocycles. The van der Waals surface area contributed by atoms with Gasteiger partial charge in [0, 0.05) is 13.0 Å². The molecule has 0 saturated carbocycles. The Morgan fingerprint density at radius 2 is 1.58 bits per heavy atom. The maximum Gasteiger partial charge on any atom is 0.389 e. The summed E-state index contributed by atoms with van der Waals surface area (Å²) in [5, 5.41) is 0. The Bertz CT molecular complexity index is 107. The predicted octanol–water partition coefficient (Wildman–Crippen LogP) is 3.14. The maximum absolute atomic E-state index is 11.6. The van der Waals surface area contributed by atoms with Gasteiger partial charge in [0.1, 0.15) is 0 Å². The van der Waals surface area contributed by atoms with E-state index in [1.54, 1.807) is 0 Å². The van der Waals surface area contributed by atoms with Crippen molar-refractivity contribution in [3.63, 3.8) is 0 Å². The first-order chi connectivity index (χ1) is 5.21. The predicted molar refractivity (Wildman–Crippen MR) is 41.0 cm³/mol.